The van der Waals surface area contributed by atoms with Crippen molar-refractivity contribution in [3.63, 3.8) is 0 Å². The third-order valence-corrected chi connectivity index (χ3v) is 7.20. The summed E-state index contributed by atoms with van der Waals surface area (Å²) in [6.45, 7) is 5.44. The summed E-state index contributed by atoms with van der Waals surface area (Å²) >= 11 is 0. The predicted octanol–water partition coefficient (Wildman–Crippen LogP) is 5.47. The summed E-state index contributed by atoms with van der Waals surface area (Å²) in [6, 6.07) is 11.6. The maximum absolute atomic E-state index is 14.1. The number of allylic oxidation sites excluding steroid dienone is 4. The molecule has 1 fully saturated rings. The van der Waals surface area contributed by atoms with Crippen molar-refractivity contribution < 1.29 is 18.3 Å². The van der Waals surface area contributed by atoms with Crippen LogP contribution in [0.1, 0.15) is 25.7 Å². The third kappa shape index (κ3) is 7.59. The second kappa shape index (κ2) is 13.3. The van der Waals surface area contributed by atoms with Gasteiger partial charge in [-0.05, 0) is 68.2 Å². The van der Waals surface area contributed by atoms with Crippen LogP contribution in [0.25, 0.3) is 0 Å². The lowest BCUT2D eigenvalue weighted by atomic mass is 10.1. The van der Waals surface area contributed by atoms with Crippen LogP contribution in [0, 0.1) is 17.6 Å². The Hall–Kier alpha value is -3.88. The van der Waals surface area contributed by atoms with Crippen molar-refractivity contribution in [2.24, 2.45) is 5.92 Å². The number of piperazine rings is 1. The maximum atomic E-state index is 14.1. The molecule has 1 aromatic heterocycles. The molecule has 1 aliphatic carbocycles. The number of ether oxygens (including phenoxy) is 2. The monoisotopic (exact) mass is 535 g/mol. The van der Waals surface area contributed by atoms with Gasteiger partial charge in [-0.1, -0.05) is 12.2 Å². The molecule has 0 bridgehead atoms. The first-order chi connectivity index (χ1) is 19.1. The molecule has 0 spiro atoms. The topological polar surface area (TPSA) is 55.7 Å². The highest BCUT2D eigenvalue weighted by Gasteiger charge is 2.19. The SMILES string of the molecule is Fc1ccc(OC[C@H](CCCn2cncn2)COc2ccc(N3CCN(C4=CC=CCC4)CC3)cc2)c(F)c1. The number of aryl methyl sites for hydroxylation is 1. The summed E-state index contributed by atoms with van der Waals surface area (Å²) in [5.74, 6) is -0.503. The van der Waals surface area contributed by atoms with Crippen LogP contribution in [0.15, 0.2) is 79.0 Å². The van der Waals surface area contributed by atoms with E-state index in [0.29, 0.717) is 6.61 Å². The number of nitrogens with zero attached hydrogens (tertiary/aromatic N) is 5. The van der Waals surface area contributed by atoms with Crippen molar-refractivity contribution in [1.29, 1.82) is 0 Å². The Bertz CT molecular complexity index is 1240. The lowest BCUT2D eigenvalue weighted by Gasteiger charge is -2.39. The molecule has 0 N–H and O–H groups in total. The van der Waals surface area contributed by atoms with Crippen LogP contribution < -0.4 is 14.4 Å². The maximum Gasteiger partial charge on any atom is 0.167 e. The molecule has 0 saturated carbocycles. The average Bonchev–Trinajstić information content (AvgIpc) is 3.49. The van der Waals surface area contributed by atoms with Gasteiger partial charge in [0.05, 0.1) is 13.2 Å². The van der Waals surface area contributed by atoms with E-state index in [9.17, 15) is 8.78 Å². The van der Waals surface area contributed by atoms with E-state index in [1.54, 1.807) is 11.0 Å². The predicted molar refractivity (Wildman–Crippen MR) is 147 cm³/mol. The van der Waals surface area contributed by atoms with Crippen LogP contribution >= 0.6 is 0 Å². The van der Waals surface area contributed by atoms with E-state index in [1.165, 1.54) is 29.8 Å². The normalized spacial score (nSPS) is 16.2. The van der Waals surface area contributed by atoms with E-state index in [-0.39, 0.29) is 18.3 Å². The van der Waals surface area contributed by atoms with Crippen molar-refractivity contribution in [3.05, 3.63) is 90.7 Å². The Labute approximate surface area is 228 Å². The Morgan fingerprint density at radius 3 is 2.44 bits per heavy atom. The molecule has 1 saturated heterocycles. The number of hydrogen-bond acceptors (Lipinski definition) is 6. The van der Waals surface area contributed by atoms with E-state index in [1.807, 2.05) is 12.1 Å². The fourth-order valence-corrected chi connectivity index (χ4v) is 4.98. The summed E-state index contributed by atoms with van der Waals surface area (Å²) in [7, 11) is 0. The molecule has 39 heavy (non-hydrogen) atoms. The van der Waals surface area contributed by atoms with Gasteiger partial charge in [0.2, 0.25) is 0 Å². The van der Waals surface area contributed by atoms with Crippen LogP contribution in [0.2, 0.25) is 0 Å². The van der Waals surface area contributed by atoms with Crippen LogP contribution in [0.5, 0.6) is 11.5 Å². The summed E-state index contributed by atoms with van der Waals surface area (Å²) < 4.78 is 40.9. The van der Waals surface area contributed by atoms with Gasteiger partial charge in [0.1, 0.15) is 24.2 Å². The second-order valence-electron chi connectivity index (χ2n) is 9.96. The largest absolute Gasteiger partial charge is 0.493 e. The molecule has 2 aromatic carbocycles. The molecule has 2 heterocycles. The smallest absolute Gasteiger partial charge is 0.167 e. The zero-order valence-corrected chi connectivity index (χ0v) is 22.1. The Balaban J connectivity index is 1.13. The molecule has 0 unspecified atom stereocenters. The fraction of sp³-hybridized carbons (Fsp3) is 0.400. The molecule has 9 heteroatoms. The van der Waals surface area contributed by atoms with Gasteiger partial charge in [-0.15, -0.1) is 0 Å². The molecular weight excluding hydrogens is 500 g/mol. The number of anilines is 1. The first-order valence-corrected chi connectivity index (χ1v) is 13.6. The van der Waals surface area contributed by atoms with Crippen LogP contribution in [-0.4, -0.2) is 59.1 Å². The number of halogens is 2. The molecule has 5 rings (SSSR count). The van der Waals surface area contributed by atoms with E-state index in [2.05, 4.69) is 50.2 Å². The highest BCUT2D eigenvalue weighted by atomic mass is 19.1. The molecule has 0 amide bonds. The Morgan fingerprint density at radius 2 is 1.72 bits per heavy atom. The molecule has 1 atom stereocenters. The highest BCUT2D eigenvalue weighted by Crippen LogP contribution is 2.25. The third-order valence-electron chi connectivity index (χ3n) is 7.20. The van der Waals surface area contributed by atoms with Crippen LogP contribution in [0.4, 0.5) is 14.5 Å². The van der Waals surface area contributed by atoms with Gasteiger partial charge in [0, 0.05) is 56.1 Å². The van der Waals surface area contributed by atoms with Crippen molar-refractivity contribution in [2.75, 3.05) is 44.3 Å². The van der Waals surface area contributed by atoms with Gasteiger partial charge >= 0.3 is 0 Å². The summed E-state index contributed by atoms with van der Waals surface area (Å²) in [5, 5.41) is 4.14. The summed E-state index contributed by atoms with van der Waals surface area (Å²) in [6.07, 6.45) is 13.7. The van der Waals surface area contributed by atoms with Crippen molar-refractivity contribution in [2.45, 2.75) is 32.2 Å². The zero-order valence-electron chi connectivity index (χ0n) is 22.1. The summed E-state index contributed by atoms with van der Waals surface area (Å²) in [4.78, 5) is 8.89. The zero-order chi connectivity index (χ0) is 26.9. The van der Waals surface area contributed by atoms with Gasteiger partial charge in [-0.2, -0.15) is 5.10 Å². The number of aromatic nitrogens is 3. The molecular formula is C30H35F2N5O2. The Kier molecular flexibility index (Phi) is 9.09. The lowest BCUT2D eigenvalue weighted by molar-refractivity contribution is 0.162. The molecule has 1 aliphatic heterocycles. The quantitative estimate of drug-likeness (QED) is 0.307. The van der Waals surface area contributed by atoms with Crippen molar-refractivity contribution in [1.82, 2.24) is 19.7 Å². The van der Waals surface area contributed by atoms with Gasteiger partial charge in [-0.3, -0.25) is 4.68 Å². The molecule has 206 valence electrons. The summed E-state index contributed by atoms with van der Waals surface area (Å²) in [5.41, 5.74) is 2.64. The standard InChI is InChI=1S/C30H35F2N5O2/c31-25-8-13-30(29(32)19-25)39-21-24(5-4-14-37-23-33-22-34-37)20-38-28-11-9-27(10-12-28)36-17-15-35(16-18-36)26-6-2-1-3-7-26/h1-2,6,8-13,19,22-24H,3-5,7,14-18,20-21H2/t24-/m1/s1. The van der Waals surface area contributed by atoms with Gasteiger partial charge in [0.15, 0.2) is 11.6 Å². The van der Waals surface area contributed by atoms with Gasteiger partial charge in [0.25, 0.3) is 0 Å². The second-order valence-corrected chi connectivity index (χ2v) is 9.96. The minimum atomic E-state index is -0.707. The fourth-order valence-electron chi connectivity index (χ4n) is 4.98. The molecule has 7 nitrogen and oxygen atoms in total. The van der Waals surface area contributed by atoms with E-state index in [0.717, 1.165) is 70.2 Å². The van der Waals surface area contributed by atoms with E-state index < -0.39 is 11.6 Å². The lowest BCUT2D eigenvalue weighted by Crippen LogP contribution is -2.45. The minimum Gasteiger partial charge on any atom is -0.493 e. The van der Waals surface area contributed by atoms with Crippen molar-refractivity contribution in [3.8, 4) is 11.5 Å². The molecule has 0 radical (unpaired) electrons. The number of rotatable bonds is 12. The van der Waals surface area contributed by atoms with Crippen molar-refractivity contribution >= 4 is 5.69 Å². The van der Waals surface area contributed by atoms with E-state index in [4.69, 9.17) is 9.47 Å². The molecule has 2 aliphatic rings. The highest BCUT2D eigenvalue weighted by molar-refractivity contribution is 5.49. The minimum absolute atomic E-state index is 0.00895. The van der Waals surface area contributed by atoms with Gasteiger partial charge < -0.3 is 19.3 Å². The molecule has 3 aromatic rings. The van der Waals surface area contributed by atoms with Crippen LogP contribution in [-0.2, 0) is 6.54 Å². The number of benzene rings is 2. The average molecular weight is 536 g/mol. The first kappa shape index (κ1) is 26.7. The van der Waals surface area contributed by atoms with Crippen LogP contribution in [0.3, 0.4) is 0 Å². The van der Waals surface area contributed by atoms with E-state index >= 15 is 0 Å². The number of hydrogen-bond donors (Lipinski definition) is 0. The van der Waals surface area contributed by atoms with Gasteiger partial charge in [-0.25, -0.2) is 13.8 Å². The first-order valence-electron chi connectivity index (χ1n) is 13.6. The Morgan fingerprint density at radius 1 is 0.923 bits per heavy atom.